The Balaban J connectivity index is 2.17. The molecule has 0 radical (unpaired) electrons. The number of aryl methyl sites for hydroxylation is 1. The van der Waals surface area contributed by atoms with E-state index in [0.29, 0.717) is 24.5 Å². The van der Waals surface area contributed by atoms with E-state index >= 15 is 0 Å². The number of nitrogens with zero attached hydrogens (tertiary/aromatic N) is 1. The Morgan fingerprint density at radius 1 is 1.00 bits per heavy atom. The normalized spacial score (nSPS) is 12.6. The van der Waals surface area contributed by atoms with Gasteiger partial charge in [0.05, 0.1) is 14.2 Å². The standard InChI is InChI=1S/C25H33BrN2O4/c1-6-17(2)27-25(30)18(3)28(16-20-7-11-21(26)12-8-20)24(29)14-10-19-9-13-22(31-4)23(15-19)32-5/h7-9,11-13,15,17-18H,6,10,14,16H2,1-5H3,(H,27,30)/t17-,18-/m1/s1. The van der Waals surface area contributed by atoms with Crippen LogP contribution in [-0.4, -0.2) is 43.0 Å². The molecule has 0 aliphatic heterocycles. The number of hydrogen-bond acceptors (Lipinski definition) is 4. The molecule has 2 aromatic rings. The van der Waals surface area contributed by atoms with Crippen LogP contribution in [0.2, 0.25) is 0 Å². The number of nitrogens with one attached hydrogen (secondary N) is 1. The highest BCUT2D eigenvalue weighted by molar-refractivity contribution is 9.10. The Morgan fingerprint density at radius 2 is 1.62 bits per heavy atom. The van der Waals surface area contributed by atoms with Crippen LogP contribution < -0.4 is 14.8 Å². The molecule has 0 unspecified atom stereocenters. The Kier molecular flexibility index (Phi) is 10.0. The predicted octanol–water partition coefficient (Wildman–Crippen LogP) is 4.73. The number of carbonyl (C=O) groups is 2. The van der Waals surface area contributed by atoms with Crippen molar-refractivity contribution in [3.8, 4) is 11.5 Å². The number of carbonyl (C=O) groups excluding carboxylic acids is 2. The van der Waals surface area contributed by atoms with E-state index in [2.05, 4.69) is 21.2 Å². The van der Waals surface area contributed by atoms with Crippen molar-refractivity contribution >= 4 is 27.7 Å². The Labute approximate surface area is 199 Å². The molecule has 0 saturated heterocycles. The largest absolute Gasteiger partial charge is 0.493 e. The zero-order chi connectivity index (χ0) is 23.7. The smallest absolute Gasteiger partial charge is 0.242 e. The summed E-state index contributed by atoms with van der Waals surface area (Å²) in [6.07, 6.45) is 1.65. The Morgan fingerprint density at radius 3 is 2.22 bits per heavy atom. The van der Waals surface area contributed by atoms with E-state index in [1.165, 1.54) is 0 Å². The number of ether oxygens (including phenoxy) is 2. The molecule has 6 nitrogen and oxygen atoms in total. The lowest BCUT2D eigenvalue weighted by Crippen LogP contribution is -2.49. The second-order valence-corrected chi connectivity index (χ2v) is 8.75. The van der Waals surface area contributed by atoms with Crippen molar-refractivity contribution in [1.29, 1.82) is 0 Å². The van der Waals surface area contributed by atoms with Crippen molar-refractivity contribution in [1.82, 2.24) is 10.2 Å². The molecule has 2 atom stereocenters. The maximum absolute atomic E-state index is 13.2. The summed E-state index contributed by atoms with van der Waals surface area (Å²) in [4.78, 5) is 27.7. The fraction of sp³-hybridized carbons (Fsp3) is 0.440. The van der Waals surface area contributed by atoms with Gasteiger partial charge in [-0.3, -0.25) is 9.59 Å². The molecule has 7 heteroatoms. The molecule has 0 spiro atoms. The molecular formula is C25H33BrN2O4. The molecule has 2 rings (SSSR count). The highest BCUT2D eigenvalue weighted by Crippen LogP contribution is 2.28. The van der Waals surface area contributed by atoms with Crippen molar-refractivity contribution in [2.24, 2.45) is 0 Å². The fourth-order valence-corrected chi connectivity index (χ4v) is 3.53. The van der Waals surface area contributed by atoms with Crippen LogP contribution in [0.3, 0.4) is 0 Å². The van der Waals surface area contributed by atoms with E-state index in [0.717, 1.165) is 22.0 Å². The van der Waals surface area contributed by atoms with Crippen molar-refractivity contribution in [2.75, 3.05) is 14.2 Å². The summed E-state index contributed by atoms with van der Waals surface area (Å²) in [5.74, 6) is 1.06. The molecule has 1 N–H and O–H groups in total. The van der Waals surface area contributed by atoms with Gasteiger partial charge < -0.3 is 19.7 Å². The lowest BCUT2D eigenvalue weighted by Gasteiger charge is -2.30. The summed E-state index contributed by atoms with van der Waals surface area (Å²) in [5.41, 5.74) is 1.94. The van der Waals surface area contributed by atoms with Crippen molar-refractivity contribution in [3.05, 3.63) is 58.1 Å². The molecule has 0 aromatic heterocycles. The third-order valence-electron chi connectivity index (χ3n) is 5.51. The first-order chi connectivity index (χ1) is 15.3. The third-order valence-corrected chi connectivity index (χ3v) is 6.04. The molecule has 174 valence electrons. The van der Waals surface area contributed by atoms with E-state index in [1.54, 1.807) is 26.0 Å². The van der Waals surface area contributed by atoms with Crippen LogP contribution in [0.25, 0.3) is 0 Å². The Bertz CT molecular complexity index is 901. The average Bonchev–Trinajstić information content (AvgIpc) is 2.81. The van der Waals surface area contributed by atoms with Gasteiger partial charge in [-0.1, -0.05) is 41.1 Å². The molecule has 0 fully saturated rings. The molecular weight excluding hydrogens is 472 g/mol. The van der Waals surface area contributed by atoms with Gasteiger partial charge in [0.15, 0.2) is 11.5 Å². The monoisotopic (exact) mass is 504 g/mol. The lowest BCUT2D eigenvalue weighted by atomic mass is 10.1. The van der Waals surface area contributed by atoms with E-state index in [4.69, 9.17) is 9.47 Å². The maximum Gasteiger partial charge on any atom is 0.242 e. The van der Waals surface area contributed by atoms with Crippen LogP contribution in [0.15, 0.2) is 46.9 Å². The number of methoxy groups -OCH3 is 2. The highest BCUT2D eigenvalue weighted by atomic mass is 79.9. The molecule has 2 aromatic carbocycles. The summed E-state index contributed by atoms with van der Waals surface area (Å²) < 4.78 is 11.6. The SMILES string of the molecule is CC[C@@H](C)NC(=O)[C@@H](C)N(Cc1ccc(Br)cc1)C(=O)CCc1ccc(OC)c(OC)c1. The fourth-order valence-electron chi connectivity index (χ4n) is 3.27. The van der Waals surface area contributed by atoms with Crippen molar-refractivity contribution in [3.63, 3.8) is 0 Å². The molecule has 2 amide bonds. The maximum atomic E-state index is 13.2. The number of benzene rings is 2. The van der Waals surface area contributed by atoms with Gasteiger partial charge in [-0.15, -0.1) is 0 Å². The lowest BCUT2D eigenvalue weighted by molar-refractivity contribution is -0.140. The van der Waals surface area contributed by atoms with Crippen LogP contribution in [-0.2, 0) is 22.6 Å². The molecule has 0 bridgehead atoms. The van der Waals surface area contributed by atoms with Crippen molar-refractivity contribution < 1.29 is 19.1 Å². The topological polar surface area (TPSA) is 67.9 Å². The first-order valence-electron chi connectivity index (χ1n) is 10.8. The quantitative estimate of drug-likeness (QED) is 0.480. The van der Waals surface area contributed by atoms with Gasteiger partial charge in [-0.05, 0) is 62.1 Å². The van der Waals surface area contributed by atoms with Crippen LogP contribution in [0.1, 0.15) is 44.7 Å². The number of rotatable bonds is 11. The van der Waals surface area contributed by atoms with Crippen LogP contribution in [0.4, 0.5) is 0 Å². The second-order valence-electron chi connectivity index (χ2n) is 7.83. The molecule has 0 aliphatic carbocycles. The van der Waals surface area contributed by atoms with Crippen LogP contribution >= 0.6 is 15.9 Å². The van der Waals surface area contributed by atoms with E-state index in [-0.39, 0.29) is 24.3 Å². The number of hydrogen-bond donors (Lipinski definition) is 1. The highest BCUT2D eigenvalue weighted by Gasteiger charge is 2.26. The van der Waals surface area contributed by atoms with Crippen molar-refractivity contribution in [2.45, 2.75) is 58.7 Å². The van der Waals surface area contributed by atoms with Gasteiger partial charge in [0.1, 0.15) is 6.04 Å². The Hall–Kier alpha value is -2.54. The molecule has 0 saturated carbocycles. The van der Waals surface area contributed by atoms with Gasteiger partial charge in [0.25, 0.3) is 0 Å². The number of halogens is 1. The van der Waals surface area contributed by atoms with Gasteiger partial charge in [0, 0.05) is 23.5 Å². The zero-order valence-electron chi connectivity index (χ0n) is 19.5. The summed E-state index contributed by atoms with van der Waals surface area (Å²) in [5, 5.41) is 2.99. The van der Waals surface area contributed by atoms with E-state index in [1.807, 2.05) is 56.3 Å². The zero-order valence-corrected chi connectivity index (χ0v) is 21.1. The van der Waals surface area contributed by atoms with Crippen LogP contribution in [0.5, 0.6) is 11.5 Å². The minimum atomic E-state index is -0.578. The summed E-state index contributed by atoms with van der Waals surface area (Å²) >= 11 is 3.44. The van der Waals surface area contributed by atoms with Gasteiger partial charge in [-0.25, -0.2) is 0 Å². The van der Waals surface area contributed by atoms with E-state index < -0.39 is 6.04 Å². The predicted molar refractivity (Wildman–Crippen MR) is 130 cm³/mol. The minimum Gasteiger partial charge on any atom is -0.493 e. The third kappa shape index (κ3) is 7.26. The average molecular weight is 505 g/mol. The minimum absolute atomic E-state index is 0.0568. The molecule has 0 aliphatic rings. The summed E-state index contributed by atoms with van der Waals surface area (Å²) in [6.45, 7) is 6.13. The first kappa shape index (κ1) is 25.7. The number of amides is 2. The second kappa shape index (κ2) is 12.5. The van der Waals surface area contributed by atoms with Gasteiger partial charge >= 0.3 is 0 Å². The van der Waals surface area contributed by atoms with Gasteiger partial charge in [-0.2, -0.15) is 0 Å². The van der Waals surface area contributed by atoms with Gasteiger partial charge in [0.2, 0.25) is 11.8 Å². The molecule has 32 heavy (non-hydrogen) atoms. The van der Waals surface area contributed by atoms with Crippen LogP contribution in [0, 0.1) is 0 Å². The van der Waals surface area contributed by atoms with E-state index in [9.17, 15) is 9.59 Å². The molecule has 0 heterocycles. The summed E-state index contributed by atoms with van der Waals surface area (Å²) in [6, 6.07) is 12.9. The first-order valence-corrected chi connectivity index (χ1v) is 11.6. The summed E-state index contributed by atoms with van der Waals surface area (Å²) in [7, 11) is 3.18.